The summed E-state index contributed by atoms with van der Waals surface area (Å²) in [6.07, 6.45) is 1.28. The van der Waals surface area contributed by atoms with Crippen LogP contribution in [0.3, 0.4) is 0 Å². The van der Waals surface area contributed by atoms with Crippen molar-refractivity contribution in [1.82, 2.24) is 14.3 Å². The zero-order valence-corrected chi connectivity index (χ0v) is 10.7. The number of aryl methyl sites for hydroxylation is 1. The van der Waals surface area contributed by atoms with Crippen molar-refractivity contribution in [2.24, 2.45) is 5.73 Å². The van der Waals surface area contributed by atoms with E-state index in [0.717, 1.165) is 0 Å². The number of hydrogen-bond acceptors (Lipinski definition) is 4. The summed E-state index contributed by atoms with van der Waals surface area (Å²) in [6.45, 7) is 3.74. The average Bonchev–Trinajstić information content (AvgIpc) is 2.61. The van der Waals surface area contributed by atoms with Gasteiger partial charge in [0.05, 0.1) is 17.7 Å². The van der Waals surface area contributed by atoms with Crippen LogP contribution in [0, 0.1) is 6.92 Å². The van der Waals surface area contributed by atoms with Gasteiger partial charge in [0.25, 0.3) is 10.0 Å². The molecule has 1 aromatic heterocycles. The van der Waals surface area contributed by atoms with E-state index in [-0.39, 0.29) is 16.6 Å². The fourth-order valence-corrected chi connectivity index (χ4v) is 2.84. The van der Waals surface area contributed by atoms with E-state index < -0.39 is 10.0 Å². The molecule has 1 heterocycles. The first-order chi connectivity index (χ1) is 7.37. The smallest absolute Gasteiger partial charge is 0.260 e. The first kappa shape index (κ1) is 13.1. The largest absolute Gasteiger partial charge is 0.392 e. The van der Waals surface area contributed by atoms with E-state index >= 15 is 0 Å². The van der Waals surface area contributed by atoms with Gasteiger partial charge in [0.15, 0.2) is 5.03 Å². The first-order valence-corrected chi connectivity index (χ1v) is 6.52. The van der Waals surface area contributed by atoms with Crippen LogP contribution in [0.5, 0.6) is 0 Å². The third kappa shape index (κ3) is 2.77. The number of hydrogen-bond donors (Lipinski definition) is 2. The topological polar surface area (TPSA) is 92.1 Å². The highest BCUT2D eigenvalue weighted by Crippen LogP contribution is 2.12. The van der Waals surface area contributed by atoms with E-state index in [4.69, 9.17) is 18.0 Å². The van der Waals surface area contributed by atoms with Crippen LogP contribution in [-0.2, 0) is 10.0 Å². The third-order valence-corrected chi connectivity index (χ3v) is 3.94. The number of aromatic amines is 1. The normalized spacial score (nSPS) is 11.9. The number of nitrogens with two attached hydrogens (primary N) is 1. The van der Waals surface area contributed by atoms with Crippen LogP contribution in [-0.4, -0.2) is 40.8 Å². The molecule has 1 aromatic rings. The fraction of sp³-hybridized carbons (Fsp3) is 0.500. The molecule has 1 rings (SSSR count). The Hall–Kier alpha value is -0.990. The van der Waals surface area contributed by atoms with Crippen LogP contribution in [0.25, 0.3) is 0 Å². The zero-order valence-electron chi connectivity index (χ0n) is 9.10. The minimum atomic E-state index is -3.58. The molecule has 0 bridgehead atoms. The van der Waals surface area contributed by atoms with Crippen LogP contribution < -0.4 is 5.73 Å². The summed E-state index contributed by atoms with van der Waals surface area (Å²) in [5.41, 5.74) is 5.35. The second-order valence-corrected chi connectivity index (χ2v) is 5.66. The molecule has 8 heteroatoms. The Bertz CT molecular complexity index is 480. The Morgan fingerprint density at radius 1 is 1.69 bits per heavy atom. The third-order valence-electron chi connectivity index (χ3n) is 1.98. The number of thiocarbonyl (C=S) groups is 1. The van der Waals surface area contributed by atoms with E-state index in [1.54, 1.807) is 13.8 Å². The van der Waals surface area contributed by atoms with E-state index in [9.17, 15) is 8.42 Å². The molecule has 0 aliphatic carbocycles. The highest BCUT2D eigenvalue weighted by atomic mass is 32.2. The van der Waals surface area contributed by atoms with Gasteiger partial charge in [0.2, 0.25) is 0 Å². The number of aromatic nitrogens is 2. The molecule has 6 nitrogen and oxygen atoms in total. The minimum Gasteiger partial charge on any atom is -0.392 e. The molecule has 3 N–H and O–H groups in total. The van der Waals surface area contributed by atoms with Crippen LogP contribution >= 0.6 is 12.2 Å². The van der Waals surface area contributed by atoms with E-state index in [0.29, 0.717) is 12.4 Å². The van der Waals surface area contributed by atoms with Gasteiger partial charge in [-0.15, -0.1) is 0 Å². The molecule has 0 spiro atoms. The number of nitrogens with one attached hydrogen (secondary N) is 1. The lowest BCUT2D eigenvalue weighted by Crippen LogP contribution is -2.37. The van der Waals surface area contributed by atoms with Crippen LogP contribution in [0.1, 0.15) is 12.7 Å². The number of rotatable bonds is 5. The zero-order chi connectivity index (χ0) is 12.3. The van der Waals surface area contributed by atoms with Gasteiger partial charge in [0, 0.05) is 6.54 Å². The Kier molecular flexibility index (Phi) is 4.00. The molecule has 0 fully saturated rings. The molecule has 0 aliphatic heterocycles. The molecule has 0 saturated carbocycles. The van der Waals surface area contributed by atoms with Crippen molar-refractivity contribution in [3.8, 4) is 0 Å². The van der Waals surface area contributed by atoms with Crippen molar-refractivity contribution >= 4 is 27.2 Å². The van der Waals surface area contributed by atoms with Crippen molar-refractivity contribution < 1.29 is 8.42 Å². The molecule has 0 aromatic carbocycles. The summed E-state index contributed by atoms with van der Waals surface area (Å²) >= 11 is 4.71. The summed E-state index contributed by atoms with van der Waals surface area (Å²) in [4.78, 5) is 6.67. The standard InChI is InChI=1S/C8H14N4O2S2/c1-3-12(5-7(9)15)16(13,14)8-4-10-6(2)11-8/h4H,3,5H2,1-2H3,(H2,9,15)(H,10,11). The molecule has 0 unspecified atom stereocenters. The molecule has 0 amide bonds. The maximum atomic E-state index is 12.1. The van der Waals surface area contributed by atoms with Crippen molar-refractivity contribution in [2.75, 3.05) is 13.1 Å². The maximum Gasteiger partial charge on any atom is 0.260 e. The Morgan fingerprint density at radius 2 is 2.31 bits per heavy atom. The molecule has 0 radical (unpaired) electrons. The number of imidazole rings is 1. The van der Waals surface area contributed by atoms with E-state index in [2.05, 4.69) is 9.97 Å². The quantitative estimate of drug-likeness (QED) is 0.730. The van der Waals surface area contributed by atoms with Crippen LogP contribution in [0.4, 0.5) is 0 Å². The van der Waals surface area contributed by atoms with Crippen molar-refractivity contribution in [2.45, 2.75) is 18.9 Å². The Morgan fingerprint density at radius 3 is 2.69 bits per heavy atom. The summed E-state index contributed by atoms with van der Waals surface area (Å²) in [6, 6.07) is 0. The summed E-state index contributed by atoms with van der Waals surface area (Å²) in [7, 11) is -3.58. The SMILES string of the molecule is CCN(CC(N)=S)S(=O)(=O)c1cnc(C)[nH]1. The van der Waals surface area contributed by atoms with Crippen molar-refractivity contribution in [3.63, 3.8) is 0 Å². The molecule has 0 saturated heterocycles. The van der Waals surface area contributed by atoms with Crippen molar-refractivity contribution in [3.05, 3.63) is 12.0 Å². The predicted octanol–water partition coefficient (Wildman–Crippen LogP) is 0.0148. The first-order valence-electron chi connectivity index (χ1n) is 4.68. The molecule has 16 heavy (non-hydrogen) atoms. The number of H-pyrrole nitrogens is 1. The predicted molar refractivity (Wildman–Crippen MR) is 64.5 cm³/mol. The number of likely N-dealkylation sites (N-methyl/N-ethyl adjacent to an activating group) is 1. The summed E-state index contributed by atoms with van der Waals surface area (Å²) in [5.74, 6) is 0.546. The lowest BCUT2D eigenvalue weighted by molar-refractivity contribution is 0.465. The summed E-state index contributed by atoms with van der Waals surface area (Å²) < 4.78 is 25.3. The Balaban J connectivity index is 3.04. The van der Waals surface area contributed by atoms with Crippen LogP contribution in [0.2, 0.25) is 0 Å². The molecular weight excluding hydrogens is 248 g/mol. The minimum absolute atomic E-state index is 0.0340. The van der Waals surface area contributed by atoms with E-state index in [1.165, 1.54) is 10.5 Å². The van der Waals surface area contributed by atoms with Gasteiger partial charge in [-0.05, 0) is 6.92 Å². The van der Waals surface area contributed by atoms with E-state index in [1.807, 2.05) is 0 Å². The lowest BCUT2D eigenvalue weighted by Gasteiger charge is -2.18. The van der Waals surface area contributed by atoms with Gasteiger partial charge in [-0.2, -0.15) is 4.31 Å². The van der Waals surface area contributed by atoms with Gasteiger partial charge >= 0.3 is 0 Å². The molecule has 0 atom stereocenters. The van der Waals surface area contributed by atoms with Gasteiger partial charge in [-0.25, -0.2) is 13.4 Å². The highest BCUT2D eigenvalue weighted by molar-refractivity contribution is 7.89. The molecular formula is C8H14N4O2S2. The second kappa shape index (κ2) is 4.89. The second-order valence-electron chi connectivity index (χ2n) is 3.23. The van der Waals surface area contributed by atoms with Gasteiger partial charge in [0.1, 0.15) is 5.82 Å². The van der Waals surface area contributed by atoms with Gasteiger partial charge in [-0.1, -0.05) is 19.1 Å². The van der Waals surface area contributed by atoms with Crippen molar-refractivity contribution in [1.29, 1.82) is 0 Å². The maximum absolute atomic E-state index is 12.1. The Labute approximate surface area is 99.9 Å². The molecule has 0 aliphatic rings. The summed E-state index contributed by atoms with van der Waals surface area (Å²) in [5, 5.41) is 0.0584. The van der Waals surface area contributed by atoms with Gasteiger partial charge in [-0.3, -0.25) is 0 Å². The highest BCUT2D eigenvalue weighted by Gasteiger charge is 2.25. The number of sulfonamides is 1. The lowest BCUT2D eigenvalue weighted by atomic mass is 10.6. The van der Waals surface area contributed by atoms with Gasteiger partial charge < -0.3 is 10.7 Å². The average molecular weight is 262 g/mol. The molecule has 90 valence electrons. The van der Waals surface area contributed by atoms with Crippen LogP contribution in [0.15, 0.2) is 11.2 Å². The fourth-order valence-electron chi connectivity index (χ4n) is 1.21. The monoisotopic (exact) mass is 262 g/mol. The number of nitrogens with zero attached hydrogens (tertiary/aromatic N) is 2.